The number of nitrogens with two attached hydrogens (primary N) is 1. The quantitative estimate of drug-likeness (QED) is 0.666. The van der Waals surface area contributed by atoms with Crippen molar-refractivity contribution in [1.29, 1.82) is 0 Å². The van der Waals surface area contributed by atoms with E-state index in [1.165, 1.54) is 0 Å². The van der Waals surface area contributed by atoms with Crippen molar-refractivity contribution in [2.45, 2.75) is 39.7 Å². The summed E-state index contributed by atoms with van der Waals surface area (Å²) in [5.41, 5.74) is 7.53. The molecule has 0 saturated carbocycles. The summed E-state index contributed by atoms with van der Waals surface area (Å²) in [4.78, 5) is 28.7. The van der Waals surface area contributed by atoms with Crippen molar-refractivity contribution >= 4 is 17.5 Å². The van der Waals surface area contributed by atoms with Crippen molar-refractivity contribution in [2.24, 2.45) is 11.1 Å². The average molecular weight is 368 g/mol. The highest BCUT2D eigenvalue weighted by Crippen LogP contribution is 2.27. The van der Waals surface area contributed by atoms with Gasteiger partial charge < -0.3 is 16.4 Å². The molecule has 1 heterocycles. The zero-order chi connectivity index (χ0) is 19.9. The van der Waals surface area contributed by atoms with E-state index in [-0.39, 0.29) is 17.9 Å². The summed E-state index contributed by atoms with van der Waals surface area (Å²) in [6, 6.07) is 10.6. The van der Waals surface area contributed by atoms with E-state index in [9.17, 15) is 9.59 Å². The second-order valence-electron chi connectivity index (χ2n) is 6.70. The van der Waals surface area contributed by atoms with Crippen molar-refractivity contribution in [1.82, 2.24) is 10.3 Å². The number of anilines is 1. The predicted molar refractivity (Wildman–Crippen MR) is 107 cm³/mol. The summed E-state index contributed by atoms with van der Waals surface area (Å²) in [6.45, 7) is 6.25. The first-order valence-corrected chi connectivity index (χ1v) is 9.28. The Bertz CT molecular complexity index is 747. The molecule has 1 aromatic heterocycles. The molecule has 1 atom stereocenters. The topological polar surface area (TPSA) is 97.1 Å². The molecule has 0 aliphatic rings. The van der Waals surface area contributed by atoms with Crippen LogP contribution in [0.25, 0.3) is 0 Å². The number of rotatable bonds is 8. The number of benzene rings is 1. The Morgan fingerprint density at radius 2 is 1.67 bits per heavy atom. The van der Waals surface area contributed by atoms with Gasteiger partial charge in [0, 0.05) is 30.2 Å². The molecule has 1 aromatic carbocycles. The van der Waals surface area contributed by atoms with E-state index in [1.807, 2.05) is 45.0 Å². The van der Waals surface area contributed by atoms with Crippen molar-refractivity contribution in [3.63, 3.8) is 0 Å². The van der Waals surface area contributed by atoms with Crippen molar-refractivity contribution in [3.8, 4) is 0 Å². The summed E-state index contributed by atoms with van der Waals surface area (Å²) < 4.78 is 0. The Balaban J connectivity index is 2.02. The summed E-state index contributed by atoms with van der Waals surface area (Å²) in [5, 5.41) is 5.91. The molecule has 2 aromatic rings. The van der Waals surface area contributed by atoms with Crippen LogP contribution < -0.4 is 16.4 Å². The van der Waals surface area contributed by atoms with Crippen LogP contribution in [0.15, 0.2) is 48.8 Å². The van der Waals surface area contributed by atoms with Crippen molar-refractivity contribution < 1.29 is 9.59 Å². The molecule has 144 valence electrons. The van der Waals surface area contributed by atoms with Gasteiger partial charge in [-0.1, -0.05) is 26.0 Å². The lowest BCUT2D eigenvalue weighted by molar-refractivity contribution is -0.131. The van der Waals surface area contributed by atoms with Gasteiger partial charge in [-0.25, -0.2) is 0 Å². The van der Waals surface area contributed by atoms with E-state index >= 15 is 0 Å². The number of nitrogens with one attached hydrogen (secondary N) is 2. The number of hydrogen-bond donors (Lipinski definition) is 3. The average Bonchev–Trinajstić information content (AvgIpc) is 2.71. The maximum absolute atomic E-state index is 12.7. The molecular formula is C21H28N4O2. The van der Waals surface area contributed by atoms with Gasteiger partial charge in [-0.15, -0.1) is 0 Å². The SMILES string of the molecule is CCC(CC)(CN)C(=O)NC(C)c1ccc(NC(=O)c2ccncc2)cc1. The molecule has 1 unspecified atom stereocenters. The number of pyridine rings is 1. The first kappa shape index (κ1) is 20.6. The molecule has 6 heteroatoms. The van der Waals surface area contributed by atoms with Crippen molar-refractivity contribution in [3.05, 3.63) is 59.9 Å². The molecular weight excluding hydrogens is 340 g/mol. The van der Waals surface area contributed by atoms with Crippen LogP contribution in [0.4, 0.5) is 5.69 Å². The van der Waals surface area contributed by atoms with Gasteiger partial charge in [0.25, 0.3) is 5.91 Å². The lowest BCUT2D eigenvalue weighted by atomic mass is 9.81. The summed E-state index contributed by atoms with van der Waals surface area (Å²) in [6.07, 6.45) is 4.57. The molecule has 0 aliphatic carbocycles. The molecule has 0 spiro atoms. The maximum Gasteiger partial charge on any atom is 0.255 e. The van der Waals surface area contributed by atoms with Gasteiger partial charge >= 0.3 is 0 Å². The largest absolute Gasteiger partial charge is 0.349 e. The van der Waals surface area contributed by atoms with E-state index in [0.717, 1.165) is 5.56 Å². The molecule has 0 aliphatic heterocycles. The number of hydrogen-bond acceptors (Lipinski definition) is 4. The van der Waals surface area contributed by atoms with Crippen LogP contribution in [0.5, 0.6) is 0 Å². The van der Waals surface area contributed by atoms with E-state index in [1.54, 1.807) is 24.5 Å². The molecule has 2 rings (SSSR count). The van der Waals surface area contributed by atoms with E-state index in [0.29, 0.717) is 30.6 Å². The Morgan fingerprint density at radius 1 is 1.07 bits per heavy atom. The number of amides is 2. The first-order chi connectivity index (χ1) is 13.0. The normalized spacial score (nSPS) is 12.3. The van der Waals surface area contributed by atoms with Crippen LogP contribution in [0.1, 0.15) is 55.6 Å². The molecule has 0 bridgehead atoms. The highest BCUT2D eigenvalue weighted by molar-refractivity contribution is 6.04. The second-order valence-corrected chi connectivity index (χ2v) is 6.70. The van der Waals surface area contributed by atoms with E-state index in [4.69, 9.17) is 5.73 Å². The van der Waals surface area contributed by atoms with Crippen LogP contribution in [-0.2, 0) is 4.79 Å². The fourth-order valence-electron chi connectivity index (χ4n) is 2.95. The molecule has 4 N–H and O–H groups in total. The molecule has 0 saturated heterocycles. The van der Waals surface area contributed by atoms with Crippen LogP contribution in [0, 0.1) is 5.41 Å². The zero-order valence-electron chi connectivity index (χ0n) is 16.2. The third-order valence-corrected chi connectivity index (χ3v) is 5.18. The number of carbonyl (C=O) groups excluding carboxylic acids is 2. The second kappa shape index (κ2) is 9.28. The zero-order valence-corrected chi connectivity index (χ0v) is 16.2. The summed E-state index contributed by atoms with van der Waals surface area (Å²) >= 11 is 0. The fourth-order valence-corrected chi connectivity index (χ4v) is 2.95. The minimum absolute atomic E-state index is 0.0161. The number of carbonyl (C=O) groups is 2. The van der Waals surface area contributed by atoms with Gasteiger partial charge in [-0.3, -0.25) is 14.6 Å². The Labute approximate surface area is 160 Å². The van der Waals surface area contributed by atoms with Gasteiger partial charge in [0.1, 0.15) is 0 Å². The minimum Gasteiger partial charge on any atom is -0.349 e. The van der Waals surface area contributed by atoms with Gasteiger partial charge in [-0.2, -0.15) is 0 Å². The molecule has 0 radical (unpaired) electrons. The highest BCUT2D eigenvalue weighted by atomic mass is 16.2. The summed E-state index contributed by atoms with van der Waals surface area (Å²) in [5.74, 6) is -0.206. The van der Waals surface area contributed by atoms with Crippen LogP contribution in [0.2, 0.25) is 0 Å². The van der Waals surface area contributed by atoms with Crippen LogP contribution in [-0.4, -0.2) is 23.3 Å². The van der Waals surface area contributed by atoms with Crippen LogP contribution >= 0.6 is 0 Å². The maximum atomic E-state index is 12.7. The van der Waals surface area contributed by atoms with Gasteiger partial charge in [0.2, 0.25) is 5.91 Å². The lowest BCUT2D eigenvalue weighted by Gasteiger charge is -2.30. The van der Waals surface area contributed by atoms with E-state index in [2.05, 4.69) is 15.6 Å². The highest BCUT2D eigenvalue weighted by Gasteiger charge is 2.34. The Morgan fingerprint density at radius 3 is 2.19 bits per heavy atom. The van der Waals surface area contributed by atoms with Gasteiger partial charge in [-0.05, 0) is 49.6 Å². The standard InChI is InChI=1S/C21H28N4O2/c1-4-21(5-2,14-22)20(27)24-15(3)16-6-8-18(9-7-16)25-19(26)17-10-12-23-13-11-17/h6-13,15H,4-5,14,22H2,1-3H3,(H,24,27)(H,25,26). The fraction of sp³-hybridized carbons (Fsp3) is 0.381. The van der Waals surface area contributed by atoms with Crippen molar-refractivity contribution in [2.75, 3.05) is 11.9 Å². The van der Waals surface area contributed by atoms with E-state index < -0.39 is 5.41 Å². The monoisotopic (exact) mass is 368 g/mol. The lowest BCUT2D eigenvalue weighted by Crippen LogP contribution is -2.46. The predicted octanol–water partition coefficient (Wildman–Crippen LogP) is 3.28. The van der Waals surface area contributed by atoms with Gasteiger partial charge in [0.15, 0.2) is 0 Å². The molecule has 0 fully saturated rings. The Kier molecular flexibility index (Phi) is 7.07. The van der Waals surface area contributed by atoms with Crippen LogP contribution in [0.3, 0.4) is 0 Å². The Hall–Kier alpha value is -2.73. The summed E-state index contributed by atoms with van der Waals surface area (Å²) in [7, 11) is 0. The third kappa shape index (κ3) is 4.92. The molecule has 27 heavy (non-hydrogen) atoms. The van der Waals surface area contributed by atoms with Gasteiger partial charge in [0.05, 0.1) is 11.5 Å². The number of nitrogens with zero attached hydrogens (tertiary/aromatic N) is 1. The minimum atomic E-state index is -0.521. The third-order valence-electron chi connectivity index (χ3n) is 5.18. The first-order valence-electron chi connectivity index (χ1n) is 9.28. The molecule has 2 amide bonds. The molecule has 6 nitrogen and oxygen atoms in total. The smallest absolute Gasteiger partial charge is 0.255 e. The number of aromatic nitrogens is 1.